The van der Waals surface area contributed by atoms with Crippen LogP contribution in [0.3, 0.4) is 0 Å². The molecule has 1 aromatic rings. The summed E-state index contributed by atoms with van der Waals surface area (Å²) in [6, 6.07) is 2.96. The first-order chi connectivity index (χ1) is 4.70. The minimum Gasteiger partial charge on any atom is -0.397 e. The molecule has 0 atom stereocenters. The number of nitrogens with two attached hydrogens (primary N) is 1. The van der Waals surface area contributed by atoms with Gasteiger partial charge in [0.2, 0.25) is 0 Å². The number of hydrogen-bond acceptors (Lipinski definition) is 3. The molecule has 0 amide bonds. The van der Waals surface area contributed by atoms with Gasteiger partial charge in [-0.15, -0.1) is 0 Å². The lowest BCUT2D eigenvalue weighted by Crippen LogP contribution is -1.99. The number of nitrogen functional groups attached to an aromatic ring is 1. The fourth-order valence-corrected chi connectivity index (χ4v) is 0.571. The van der Waals surface area contributed by atoms with E-state index in [1.54, 1.807) is 13.0 Å². The fraction of sp³-hybridized carbons (Fsp3) is 0.143. The van der Waals surface area contributed by atoms with Gasteiger partial charge in [-0.3, -0.25) is 9.78 Å². The normalized spacial score (nSPS) is 9.30. The quantitative estimate of drug-likeness (QED) is 0.559. The van der Waals surface area contributed by atoms with E-state index in [-0.39, 0.29) is 5.43 Å². The lowest BCUT2D eigenvalue weighted by atomic mass is 10.4. The molecule has 52 valence electrons. The molecule has 0 fully saturated rings. The summed E-state index contributed by atoms with van der Waals surface area (Å²) in [5.41, 5.74) is 6.26. The molecule has 1 heterocycles. The molecule has 0 saturated carbocycles. The molecule has 0 aliphatic rings. The first-order valence-corrected chi connectivity index (χ1v) is 2.92. The average Bonchev–Trinajstić information content (AvgIpc) is 2.04. The van der Waals surface area contributed by atoms with Gasteiger partial charge in [-0.05, 0) is 19.1 Å². The zero-order valence-electron chi connectivity index (χ0n) is 5.66. The van der Waals surface area contributed by atoms with E-state index >= 15 is 0 Å². The van der Waals surface area contributed by atoms with Gasteiger partial charge in [0, 0.05) is 0 Å². The van der Waals surface area contributed by atoms with Crippen molar-refractivity contribution in [2.45, 2.75) is 6.92 Å². The van der Waals surface area contributed by atoms with Crippen LogP contribution in [-0.4, -0.2) is 4.98 Å². The van der Waals surface area contributed by atoms with Crippen molar-refractivity contribution in [2.24, 2.45) is 0 Å². The monoisotopic (exact) mass is 136 g/mol. The van der Waals surface area contributed by atoms with Crippen molar-refractivity contribution >= 4 is 5.69 Å². The van der Waals surface area contributed by atoms with Gasteiger partial charge in [-0.2, -0.15) is 0 Å². The molecule has 3 heteroatoms. The van der Waals surface area contributed by atoms with Crippen molar-refractivity contribution in [1.82, 2.24) is 4.98 Å². The maximum absolute atomic E-state index is 10.9. The Hall–Kier alpha value is -1.38. The van der Waals surface area contributed by atoms with Crippen molar-refractivity contribution < 1.29 is 0 Å². The van der Waals surface area contributed by atoms with Gasteiger partial charge < -0.3 is 5.73 Å². The van der Waals surface area contributed by atoms with E-state index in [0.717, 1.165) is 0 Å². The summed E-state index contributed by atoms with van der Waals surface area (Å²) < 4.78 is 0. The minimum atomic E-state index is -0.0864. The molecule has 0 bridgehead atoms. The molecule has 0 aromatic carbocycles. The highest BCUT2D eigenvalue weighted by molar-refractivity contribution is 5.32. The summed E-state index contributed by atoms with van der Waals surface area (Å²) in [5.74, 6) is 0. The van der Waals surface area contributed by atoms with E-state index in [4.69, 9.17) is 5.73 Å². The van der Waals surface area contributed by atoms with E-state index in [2.05, 4.69) is 4.98 Å². The molecule has 3 nitrogen and oxygen atoms in total. The SMILES string of the molecule is Cc1ncc(N)ccc1=O. The van der Waals surface area contributed by atoms with Crippen molar-refractivity contribution in [3.8, 4) is 0 Å². The summed E-state index contributed by atoms with van der Waals surface area (Å²) in [6.45, 7) is 1.65. The first-order valence-electron chi connectivity index (χ1n) is 2.92. The van der Waals surface area contributed by atoms with Crippen LogP contribution in [0, 0.1) is 6.92 Å². The molecule has 1 rings (SSSR count). The molecule has 0 saturated heterocycles. The molecular formula is C7H8N2O. The van der Waals surface area contributed by atoms with Crippen molar-refractivity contribution in [1.29, 1.82) is 0 Å². The lowest BCUT2D eigenvalue weighted by molar-refractivity contribution is 1.20. The second-order valence-corrected chi connectivity index (χ2v) is 2.04. The van der Waals surface area contributed by atoms with Crippen LogP contribution in [0.15, 0.2) is 23.1 Å². The first kappa shape index (κ1) is 6.74. The molecular weight excluding hydrogens is 128 g/mol. The summed E-state index contributed by atoms with van der Waals surface area (Å²) in [7, 11) is 0. The van der Waals surface area contributed by atoms with E-state index in [0.29, 0.717) is 11.4 Å². The van der Waals surface area contributed by atoms with Gasteiger partial charge in [-0.1, -0.05) is 0 Å². The fourth-order valence-electron chi connectivity index (χ4n) is 0.571. The van der Waals surface area contributed by atoms with E-state index in [1.165, 1.54) is 12.3 Å². The van der Waals surface area contributed by atoms with Crippen LogP contribution in [0.1, 0.15) is 5.69 Å². The highest BCUT2D eigenvalue weighted by Gasteiger charge is 1.88. The van der Waals surface area contributed by atoms with Crippen molar-refractivity contribution in [2.75, 3.05) is 5.73 Å². The van der Waals surface area contributed by atoms with Crippen LogP contribution in [0.2, 0.25) is 0 Å². The number of nitrogens with zero attached hydrogens (tertiary/aromatic N) is 1. The van der Waals surface area contributed by atoms with Crippen LogP contribution < -0.4 is 11.2 Å². The maximum atomic E-state index is 10.9. The zero-order chi connectivity index (χ0) is 7.56. The van der Waals surface area contributed by atoms with Crippen LogP contribution in [0.5, 0.6) is 0 Å². The van der Waals surface area contributed by atoms with Crippen LogP contribution in [-0.2, 0) is 0 Å². The average molecular weight is 136 g/mol. The second kappa shape index (κ2) is 2.47. The maximum Gasteiger partial charge on any atom is 0.199 e. The molecule has 0 spiro atoms. The molecule has 0 unspecified atom stereocenters. The van der Waals surface area contributed by atoms with E-state index in [1.807, 2.05) is 0 Å². The second-order valence-electron chi connectivity index (χ2n) is 2.04. The van der Waals surface area contributed by atoms with Crippen molar-refractivity contribution in [3.05, 3.63) is 34.2 Å². The number of hydrogen-bond donors (Lipinski definition) is 1. The topological polar surface area (TPSA) is 56.0 Å². The number of rotatable bonds is 0. The highest BCUT2D eigenvalue weighted by atomic mass is 16.1. The lowest BCUT2D eigenvalue weighted by Gasteiger charge is -1.77. The van der Waals surface area contributed by atoms with Gasteiger partial charge in [0.25, 0.3) is 0 Å². The number of aromatic nitrogens is 1. The van der Waals surface area contributed by atoms with Gasteiger partial charge in [-0.25, -0.2) is 0 Å². The predicted octanol–water partition coefficient (Wildman–Crippen LogP) is 0.332. The van der Waals surface area contributed by atoms with Gasteiger partial charge in [0.15, 0.2) is 5.43 Å². The molecule has 1 aromatic heterocycles. The Morgan fingerprint density at radius 1 is 1.50 bits per heavy atom. The third-order valence-electron chi connectivity index (χ3n) is 1.19. The smallest absolute Gasteiger partial charge is 0.199 e. The standard InChI is InChI=1S/C7H8N2O/c1-5-7(10)3-2-6(8)4-9-5/h2-4H,8H2,1H3. The van der Waals surface area contributed by atoms with E-state index < -0.39 is 0 Å². The zero-order valence-corrected chi connectivity index (χ0v) is 5.66. The number of anilines is 1. The Labute approximate surface area is 58.5 Å². The van der Waals surface area contributed by atoms with Gasteiger partial charge >= 0.3 is 0 Å². The largest absolute Gasteiger partial charge is 0.397 e. The molecule has 0 radical (unpaired) electrons. The third kappa shape index (κ3) is 1.31. The molecule has 0 aliphatic heterocycles. The Morgan fingerprint density at radius 2 is 2.20 bits per heavy atom. The minimum absolute atomic E-state index is 0.0864. The van der Waals surface area contributed by atoms with Crippen LogP contribution in [0.4, 0.5) is 5.69 Å². The van der Waals surface area contributed by atoms with Crippen LogP contribution in [0.25, 0.3) is 0 Å². The van der Waals surface area contributed by atoms with E-state index in [9.17, 15) is 4.79 Å². The summed E-state index contributed by atoms with van der Waals surface area (Å²) in [5, 5.41) is 0. The summed E-state index contributed by atoms with van der Waals surface area (Å²) in [6.07, 6.45) is 1.47. The Bertz CT molecular complexity index is 296. The Kier molecular flexibility index (Phi) is 1.67. The Morgan fingerprint density at radius 3 is 2.90 bits per heavy atom. The number of aryl methyl sites for hydroxylation is 1. The third-order valence-corrected chi connectivity index (χ3v) is 1.19. The Balaban J connectivity index is 3.43. The van der Waals surface area contributed by atoms with Gasteiger partial charge in [0.05, 0.1) is 17.6 Å². The highest BCUT2D eigenvalue weighted by Crippen LogP contribution is 1.91. The molecule has 2 N–H and O–H groups in total. The molecule has 0 aliphatic carbocycles. The molecule has 10 heavy (non-hydrogen) atoms. The predicted molar refractivity (Wildman–Crippen MR) is 39.7 cm³/mol. The summed E-state index contributed by atoms with van der Waals surface area (Å²) >= 11 is 0. The van der Waals surface area contributed by atoms with Crippen molar-refractivity contribution in [3.63, 3.8) is 0 Å². The van der Waals surface area contributed by atoms with Crippen LogP contribution >= 0.6 is 0 Å². The summed E-state index contributed by atoms with van der Waals surface area (Å²) in [4.78, 5) is 14.7. The van der Waals surface area contributed by atoms with Gasteiger partial charge in [0.1, 0.15) is 0 Å².